The SMILES string of the molecule is CC.CC/C=C/c1ccc2cc(OCCCOC3CO3)ccc2c1.CCCc1cc(OCCCCCCSI)c(-c2ccc3c(c2)Oc2ccc(Cl)cc2N3CCC)cc1CCc1ccc(OC)c(C)c1. The molecular formula is C61H75ClINO6S. The summed E-state index contributed by atoms with van der Waals surface area (Å²) >= 11 is 8.80. The van der Waals surface area contributed by atoms with Gasteiger partial charge < -0.3 is 33.3 Å². The Morgan fingerprint density at radius 3 is 2.27 bits per heavy atom. The zero-order chi connectivity index (χ0) is 50.4. The van der Waals surface area contributed by atoms with Gasteiger partial charge in [-0.3, -0.25) is 0 Å². The lowest BCUT2D eigenvalue weighted by Crippen LogP contribution is -2.22. The first kappa shape index (κ1) is 55.9. The Labute approximate surface area is 446 Å². The van der Waals surface area contributed by atoms with Crippen molar-refractivity contribution < 1.29 is 28.4 Å². The van der Waals surface area contributed by atoms with Crippen LogP contribution in [0.2, 0.25) is 5.02 Å². The lowest BCUT2D eigenvalue weighted by atomic mass is 9.91. The summed E-state index contributed by atoms with van der Waals surface area (Å²) in [6, 6.07) is 36.4. The highest BCUT2D eigenvalue weighted by atomic mass is 127. The number of benzene rings is 6. The van der Waals surface area contributed by atoms with Crippen molar-refractivity contribution in [3.63, 3.8) is 0 Å². The third-order valence-corrected chi connectivity index (χ3v) is 14.3. The molecule has 10 heteroatoms. The number of allylic oxidation sites excluding steroid dienone is 1. The third kappa shape index (κ3) is 16.8. The van der Waals surface area contributed by atoms with Gasteiger partial charge in [0.2, 0.25) is 0 Å². The second-order valence-corrected chi connectivity index (χ2v) is 20.6. The number of methoxy groups -OCH3 is 1. The van der Waals surface area contributed by atoms with Crippen LogP contribution in [-0.2, 0) is 28.7 Å². The van der Waals surface area contributed by atoms with Crippen molar-refractivity contribution in [3.05, 3.63) is 142 Å². The van der Waals surface area contributed by atoms with Crippen LogP contribution in [0.25, 0.3) is 28.0 Å². The van der Waals surface area contributed by atoms with Crippen molar-refractivity contribution >= 4 is 70.0 Å². The van der Waals surface area contributed by atoms with Crippen LogP contribution < -0.4 is 23.8 Å². The molecule has 2 heterocycles. The first-order valence-electron chi connectivity index (χ1n) is 25.9. The predicted molar refractivity (Wildman–Crippen MR) is 311 cm³/mol. The van der Waals surface area contributed by atoms with Crippen molar-refractivity contribution in [2.75, 3.05) is 50.7 Å². The molecule has 0 bridgehead atoms. The molecule has 0 saturated carbocycles. The molecule has 0 aliphatic carbocycles. The number of aryl methyl sites for hydroxylation is 4. The standard InChI is InChI=1S/C40H47ClINO3S.C19H22O3.C2H6/c1-5-11-30-25-39(45-21-9-7-8-10-22-47-42)34(24-31(30)14-12-29-13-18-37(44-4)28(3)23-29)32-15-17-35-40(26-32)46-38-19-16-33(41)27-36(38)43(35)20-6-2;1-2-3-5-15-6-7-17-13-18(9-8-16(17)12-15)20-10-4-11-21-19-14-22-19;1-2/h13,15-19,23-27H,5-12,14,20-22H2,1-4H3;3,5-9,12-13,19H,2,4,10-11,14H2,1H3;1-2H3/b;5-3+;. The fourth-order valence-electron chi connectivity index (χ4n) is 8.69. The van der Waals surface area contributed by atoms with E-state index in [1.54, 1.807) is 7.11 Å². The van der Waals surface area contributed by atoms with Crippen molar-refractivity contribution in [1.29, 1.82) is 0 Å². The Bertz CT molecular complexity index is 2620. The maximum absolute atomic E-state index is 6.63. The highest BCUT2D eigenvalue weighted by molar-refractivity contribution is 14.2. The number of hydrogen-bond acceptors (Lipinski definition) is 8. The van der Waals surface area contributed by atoms with Gasteiger partial charge in [0.15, 0.2) is 17.8 Å². The smallest absolute Gasteiger partial charge is 0.181 e. The van der Waals surface area contributed by atoms with Crippen molar-refractivity contribution in [2.45, 2.75) is 118 Å². The Morgan fingerprint density at radius 2 is 1.51 bits per heavy atom. The molecule has 0 radical (unpaired) electrons. The van der Waals surface area contributed by atoms with Crippen molar-refractivity contribution in [3.8, 4) is 39.9 Å². The molecule has 1 saturated heterocycles. The second-order valence-electron chi connectivity index (χ2n) is 17.7. The van der Waals surface area contributed by atoms with Gasteiger partial charge in [0.05, 0.1) is 38.3 Å². The Hall–Kier alpha value is -4.39. The van der Waals surface area contributed by atoms with Gasteiger partial charge in [-0.2, -0.15) is 0 Å². The van der Waals surface area contributed by atoms with Crippen LogP contribution >= 0.6 is 41.7 Å². The summed E-state index contributed by atoms with van der Waals surface area (Å²) in [6.07, 6.45) is 16.1. The number of epoxide rings is 1. The number of anilines is 2. The largest absolute Gasteiger partial charge is 0.496 e. The molecular weight excluding hydrogens is 1040 g/mol. The van der Waals surface area contributed by atoms with Crippen LogP contribution in [-0.4, -0.2) is 52.1 Å². The quantitative estimate of drug-likeness (QED) is 0.0319. The molecule has 1 unspecified atom stereocenters. The lowest BCUT2D eigenvalue weighted by Gasteiger charge is -2.33. The van der Waals surface area contributed by atoms with Gasteiger partial charge in [-0.05, 0) is 184 Å². The molecule has 2 aliphatic rings. The van der Waals surface area contributed by atoms with E-state index in [-0.39, 0.29) is 6.29 Å². The molecule has 1 fully saturated rings. The highest BCUT2D eigenvalue weighted by Gasteiger charge is 2.26. The van der Waals surface area contributed by atoms with Gasteiger partial charge in [-0.15, -0.1) is 0 Å². The first-order valence-corrected chi connectivity index (χ1v) is 29.8. The van der Waals surface area contributed by atoms with Crippen LogP contribution in [0, 0.1) is 6.92 Å². The van der Waals surface area contributed by atoms with E-state index in [1.165, 1.54) is 63.6 Å². The number of nitrogens with zero attached hydrogens (tertiary/aromatic N) is 1. The van der Waals surface area contributed by atoms with E-state index in [4.69, 9.17) is 40.0 Å². The van der Waals surface area contributed by atoms with Crippen LogP contribution in [0.4, 0.5) is 11.4 Å². The summed E-state index contributed by atoms with van der Waals surface area (Å²) in [4.78, 5) is 2.32. The van der Waals surface area contributed by atoms with Crippen molar-refractivity contribution in [2.24, 2.45) is 0 Å². The summed E-state index contributed by atoms with van der Waals surface area (Å²) in [6.45, 7) is 16.4. The molecule has 0 N–H and O–H groups in total. The minimum absolute atomic E-state index is 0.0385. The molecule has 6 aromatic rings. The molecule has 8 rings (SSSR count). The molecule has 0 amide bonds. The van der Waals surface area contributed by atoms with Crippen LogP contribution in [0.1, 0.15) is 114 Å². The van der Waals surface area contributed by atoms with E-state index in [9.17, 15) is 0 Å². The number of unbranched alkanes of at least 4 members (excludes halogenated alkanes) is 3. The van der Waals surface area contributed by atoms with E-state index in [1.807, 2.05) is 47.0 Å². The van der Waals surface area contributed by atoms with Gasteiger partial charge in [-0.1, -0.05) is 123 Å². The van der Waals surface area contributed by atoms with Crippen molar-refractivity contribution in [1.82, 2.24) is 0 Å². The van der Waals surface area contributed by atoms with E-state index >= 15 is 0 Å². The number of hydrogen-bond donors (Lipinski definition) is 0. The van der Waals surface area contributed by atoms with Gasteiger partial charge in [-0.25, -0.2) is 0 Å². The molecule has 0 aromatic heterocycles. The fraction of sp³-hybridized carbons (Fsp3) is 0.410. The van der Waals surface area contributed by atoms with Gasteiger partial charge in [0, 0.05) is 29.3 Å². The highest BCUT2D eigenvalue weighted by Crippen LogP contribution is 2.49. The van der Waals surface area contributed by atoms with Crippen LogP contribution in [0.5, 0.6) is 28.7 Å². The monoisotopic (exact) mass is 1110 g/mol. The minimum Gasteiger partial charge on any atom is -0.496 e. The molecule has 2 aliphatic heterocycles. The summed E-state index contributed by atoms with van der Waals surface area (Å²) in [5.74, 6) is 5.72. The third-order valence-electron chi connectivity index (χ3n) is 12.3. The second kappa shape index (κ2) is 30.0. The van der Waals surface area contributed by atoms with E-state index in [2.05, 4.69) is 145 Å². The maximum atomic E-state index is 6.63. The summed E-state index contributed by atoms with van der Waals surface area (Å²) < 4.78 is 34.8. The zero-order valence-electron chi connectivity index (χ0n) is 43.1. The molecule has 6 aromatic carbocycles. The van der Waals surface area contributed by atoms with E-state index in [0.717, 1.165) is 122 Å². The Kier molecular flexibility index (Phi) is 23.6. The predicted octanol–water partition coefficient (Wildman–Crippen LogP) is 18.2. The molecule has 1 atom stereocenters. The zero-order valence-corrected chi connectivity index (χ0v) is 46.9. The first-order chi connectivity index (χ1) is 34.8. The van der Waals surface area contributed by atoms with E-state index in [0.29, 0.717) is 18.2 Å². The van der Waals surface area contributed by atoms with Crippen LogP contribution in [0.3, 0.4) is 0 Å². The average Bonchev–Trinajstić information content (AvgIpc) is 4.23. The van der Waals surface area contributed by atoms with Gasteiger partial charge >= 0.3 is 0 Å². The normalized spacial score (nSPS) is 13.4. The van der Waals surface area contributed by atoms with Gasteiger partial charge in [0.25, 0.3) is 0 Å². The Balaban J connectivity index is 0.000000285. The lowest BCUT2D eigenvalue weighted by molar-refractivity contribution is 0.0435. The summed E-state index contributed by atoms with van der Waals surface area (Å²) in [7, 11) is 3.63. The number of halogens is 2. The molecule has 0 spiro atoms. The molecule has 7 nitrogen and oxygen atoms in total. The fourth-order valence-corrected chi connectivity index (χ4v) is 10.1. The van der Waals surface area contributed by atoms with Gasteiger partial charge in [0.1, 0.15) is 23.9 Å². The van der Waals surface area contributed by atoms with E-state index < -0.39 is 0 Å². The number of rotatable bonds is 25. The number of ether oxygens (including phenoxy) is 6. The topological polar surface area (TPSA) is 61.9 Å². The maximum Gasteiger partial charge on any atom is 0.181 e. The summed E-state index contributed by atoms with van der Waals surface area (Å²) in [5, 5.41) is 3.15. The summed E-state index contributed by atoms with van der Waals surface area (Å²) in [5.41, 5.74) is 10.8. The molecule has 71 heavy (non-hydrogen) atoms. The minimum atomic E-state index is 0.0385. The van der Waals surface area contributed by atoms with Crippen LogP contribution in [0.15, 0.2) is 109 Å². The number of fused-ring (bicyclic) bond motifs is 3. The molecule has 380 valence electrons. The average molecular weight is 1110 g/mol. The Morgan fingerprint density at radius 1 is 0.718 bits per heavy atom.